The van der Waals surface area contributed by atoms with Crippen LogP contribution in [-0.4, -0.2) is 44.0 Å². The minimum absolute atomic E-state index is 0.125. The minimum Gasteiger partial charge on any atom is -0.493 e. The minimum atomic E-state index is -1.12. The van der Waals surface area contributed by atoms with Gasteiger partial charge >= 0.3 is 0 Å². The molecule has 0 bridgehead atoms. The van der Waals surface area contributed by atoms with Gasteiger partial charge in [-0.3, -0.25) is 9.59 Å². The van der Waals surface area contributed by atoms with E-state index >= 15 is 0 Å². The van der Waals surface area contributed by atoms with Crippen molar-refractivity contribution >= 4 is 17.5 Å². The lowest BCUT2D eigenvalue weighted by Crippen LogP contribution is -2.48. The van der Waals surface area contributed by atoms with Crippen molar-refractivity contribution < 1.29 is 19.1 Å². The molecule has 0 aliphatic carbocycles. The van der Waals surface area contributed by atoms with E-state index in [1.165, 1.54) is 7.11 Å². The van der Waals surface area contributed by atoms with Crippen molar-refractivity contribution in [2.45, 2.75) is 33.1 Å². The van der Waals surface area contributed by atoms with Gasteiger partial charge in [-0.15, -0.1) is 0 Å². The SMILES string of the molecule is COc1ccc(NC(=O)C(C)(C)C(=O)N2CCCCC2)cc1OC. The molecule has 2 amide bonds. The van der Waals surface area contributed by atoms with Crippen molar-refractivity contribution in [1.29, 1.82) is 0 Å². The molecule has 0 radical (unpaired) electrons. The van der Waals surface area contributed by atoms with E-state index in [9.17, 15) is 9.59 Å². The molecule has 0 spiro atoms. The third-order valence-corrected chi connectivity index (χ3v) is 4.39. The molecule has 1 aromatic rings. The molecule has 1 N–H and O–H groups in total. The number of nitrogens with zero attached hydrogens (tertiary/aromatic N) is 1. The first kappa shape index (κ1) is 18.1. The average molecular weight is 334 g/mol. The number of piperidine rings is 1. The number of anilines is 1. The first-order chi connectivity index (χ1) is 11.4. The van der Waals surface area contributed by atoms with Crippen LogP contribution in [0.1, 0.15) is 33.1 Å². The number of carbonyl (C=O) groups is 2. The number of carbonyl (C=O) groups excluding carboxylic acids is 2. The second-order valence-corrected chi connectivity index (χ2v) is 6.50. The Bertz CT molecular complexity index is 607. The Morgan fingerprint density at radius 3 is 2.25 bits per heavy atom. The van der Waals surface area contributed by atoms with Crippen LogP contribution in [-0.2, 0) is 9.59 Å². The zero-order valence-electron chi connectivity index (χ0n) is 14.8. The molecule has 0 atom stereocenters. The lowest BCUT2D eigenvalue weighted by Gasteiger charge is -2.33. The van der Waals surface area contributed by atoms with Gasteiger partial charge < -0.3 is 19.7 Å². The molecule has 1 fully saturated rings. The first-order valence-electron chi connectivity index (χ1n) is 8.23. The number of methoxy groups -OCH3 is 2. The van der Waals surface area contributed by atoms with Gasteiger partial charge in [-0.2, -0.15) is 0 Å². The predicted molar refractivity (Wildman–Crippen MR) is 92.4 cm³/mol. The fourth-order valence-electron chi connectivity index (χ4n) is 2.79. The summed E-state index contributed by atoms with van der Waals surface area (Å²) in [5, 5.41) is 2.81. The lowest BCUT2D eigenvalue weighted by molar-refractivity contribution is -0.147. The highest BCUT2D eigenvalue weighted by Gasteiger charge is 2.39. The molecule has 0 saturated carbocycles. The van der Waals surface area contributed by atoms with E-state index in [4.69, 9.17) is 9.47 Å². The van der Waals surface area contributed by atoms with E-state index in [0.717, 1.165) is 32.4 Å². The summed E-state index contributed by atoms with van der Waals surface area (Å²) in [5.74, 6) is 0.653. The Morgan fingerprint density at radius 1 is 1.04 bits per heavy atom. The predicted octanol–water partition coefficient (Wildman–Crippen LogP) is 2.68. The summed E-state index contributed by atoms with van der Waals surface area (Å²) < 4.78 is 10.4. The summed E-state index contributed by atoms with van der Waals surface area (Å²) in [6.45, 7) is 4.79. The number of likely N-dealkylation sites (tertiary alicyclic amines) is 1. The van der Waals surface area contributed by atoms with Crippen LogP contribution < -0.4 is 14.8 Å². The lowest BCUT2D eigenvalue weighted by atomic mass is 9.89. The van der Waals surface area contributed by atoms with E-state index in [1.54, 1.807) is 44.1 Å². The smallest absolute Gasteiger partial charge is 0.239 e. The molecule has 1 saturated heterocycles. The standard InChI is InChI=1S/C18H26N2O4/c1-18(2,17(22)20-10-6-5-7-11-20)16(21)19-13-8-9-14(23-3)15(12-13)24-4/h8-9,12H,5-7,10-11H2,1-4H3,(H,19,21). The summed E-state index contributed by atoms with van der Waals surface area (Å²) in [5.41, 5.74) is -0.554. The van der Waals surface area contributed by atoms with Crippen molar-refractivity contribution in [3.05, 3.63) is 18.2 Å². The van der Waals surface area contributed by atoms with E-state index in [0.29, 0.717) is 17.2 Å². The van der Waals surface area contributed by atoms with Crippen LogP contribution in [0.25, 0.3) is 0 Å². The van der Waals surface area contributed by atoms with Crippen molar-refractivity contribution in [1.82, 2.24) is 4.90 Å². The largest absolute Gasteiger partial charge is 0.493 e. The van der Waals surface area contributed by atoms with E-state index in [2.05, 4.69) is 5.32 Å². The Kier molecular flexibility index (Phi) is 5.70. The molecule has 0 unspecified atom stereocenters. The van der Waals surface area contributed by atoms with Gasteiger partial charge in [-0.05, 0) is 45.2 Å². The van der Waals surface area contributed by atoms with Crippen molar-refractivity contribution in [3.63, 3.8) is 0 Å². The number of rotatable bonds is 5. The molecule has 1 aliphatic rings. The molecule has 2 rings (SSSR count). The van der Waals surface area contributed by atoms with E-state index < -0.39 is 5.41 Å². The summed E-state index contributed by atoms with van der Waals surface area (Å²) in [6.07, 6.45) is 3.14. The molecule has 1 aliphatic heterocycles. The quantitative estimate of drug-likeness (QED) is 0.841. The Hall–Kier alpha value is -2.24. The highest BCUT2D eigenvalue weighted by atomic mass is 16.5. The Labute approximate surface area is 143 Å². The molecular weight excluding hydrogens is 308 g/mol. The summed E-state index contributed by atoms with van der Waals surface area (Å²) in [7, 11) is 3.09. The average Bonchev–Trinajstić information content (AvgIpc) is 2.61. The number of hydrogen-bond donors (Lipinski definition) is 1. The van der Waals surface area contributed by atoms with Gasteiger partial charge in [-0.1, -0.05) is 0 Å². The van der Waals surface area contributed by atoms with Crippen LogP contribution in [0.3, 0.4) is 0 Å². The fourth-order valence-corrected chi connectivity index (χ4v) is 2.79. The number of nitrogens with one attached hydrogen (secondary N) is 1. The highest BCUT2D eigenvalue weighted by molar-refractivity contribution is 6.09. The summed E-state index contributed by atoms with van der Waals surface area (Å²) in [6, 6.07) is 5.12. The monoisotopic (exact) mass is 334 g/mol. The zero-order chi connectivity index (χ0) is 17.7. The Morgan fingerprint density at radius 2 is 1.67 bits per heavy atom. The first-order valence-corrected chi connectivity index (χ1v) is 8.23. The van der Waals surface area contributed by atoms with Crippen LogP contribution in [0.5, 0.6) is 11.5 Å². The van der Waals surface area contributed by atoms with Gasteiger partial charge in [0.1, 0.15) is 5.41 Å². The molecule has 6 heteroatoms. The maximum absolute atomic E-state index is 12.7. The van der Waals surface area contributed by atoms with E-state index in [1.807, 2.05) is 0 Å². The van der Waals surface area contributed by atoms with Gasteiger partial charge in [0, 0.05) is 24.8 Å². The molecule has 132 valence electrons. The van der Waals surface area contributed by atoms with Gasteiger partial charge in [0.05, 0.1) is 14.2 Å². The molecule has 0 aromatic heterocycles. The number of ether oxygens (including phenoxy) is 2. The Balaban J connectivity index is 2.11. The summed E-state index contributed by atoms with van der Waals surface area (Å²) >= 11 is 0. The second-order valence-electron chi connectivity index (χ2n) is 6.50. The third-order valence-electron chi connectivity index (χ3n) is 4.39. The van der Waals surface area contributed by atoms with Crippen molar-refractivity contribution in [2.75, 3.05) is 32.6 Å². The number of amides is 2. The second kappa shape index (κ2) is 7.55. The van der Waals surface area contributed by atoms with Gasteiger partial charge in [0.15, 0.2) is 11.5 Å². The normalized spacial score (nSPS) is 14.9. The van der Waals surface area contributed by atoms with Crippen LogP contribution >= 0.6 is 0 Å². The summed E-state index contributed by atoms with van der Waals surface area (Å²) in [4.78, 5) is 27.1. The van der Waals surface area contributed by atoms with Crippen LogP contribution in [0.15, 0.2) is 18.2 Å². The maximum atomic E-state index is 12.7. The van der Waals surface area contributed by atoms with Gasteiger partial charge in [0.25, 0.3) is 0 Å². The van der Waals surface area contributed by atoms with Gasteiger partial charge in [0.2, 0.25) is 11.8 Å². The van der Waals surface area contributed by atoms with Gasteiger partial charge in [-0.25, -0.2) is 0 Å². The van der Waals surface area contributed by atoms with Crippen LogP contribution in [0.4, 0.5) is 5.69 Å². The maximum Gasteiger partial charge on any atom is 0.239 e. The fraction of sp³-hybridized carbons (Fsp3) is 0.556. The molecule has 1 heterocycles. The van der Waals surface area contributed by atoms with Crippen LogP contribution in [0, 0.1) is 5.41 Å². The molecular formula is C18H26N2O4. The topological polar surface area (TPSA) is 67.9 Å². The molecule has 24 heavy (non-hydrogen) atoms. The van der Waals surface area contributed by atoms with Crippen molar-refractivity contribution in [3.8, 4) is 11.5 Å². The molecule has 1 aromatic carbocycles. The van der Waals surface area contributed by atoms with Crippen LogP contribution in [0.2, 0.25) is 0 Å². The zero-order valence-corrected chi connectivity index (χ0v) is 14.8. The van der Waals surface area contributed by atoms with E-state index in [-0.39, 0.29) is 11.8 Å². The third kappa shape index (κ3) is 3.80. The number of hydrogen-bond acceptors (Lipinski definition) is 4. The molecule has 6 nitrogen and oxygen atoms in total. The van der Waals surface area contributed by atoms with Crippen molar-refractivity contribution in [2.24, 2.45) is 5.41 Å². The highest BCUT2D eigenvalue weighted by Crippen LogP contribution is 2.31. The number of benzene rings is 1.